The number of rotatable bonds is 6. The van der Waals surface area contributed by atoms with Gasteiger partial charge in [0.05, 0.1) is 6.61 Å². The molecule has 96 valence electrons. The number of halogens is 1. The van der Waals surface area contributed by atoms with Gasteiger partial charge in [0.15, 0.2) is 0 Å². The lowest BCUT2D eigenvalue weighted by molar-refractivity contribution is 0.236. The van der Waals surface area contributed by atoms with Gasteiger partial charge in [-0.25, -0.2) is 4.39 Å². The van der Waals surface area contributed by atoms with E-state index in [-0.39, 0.29) is 11.9 Å². The van der Waals surface area contributed by atoms with Crippen molar-refractivity contribution in [3.63, 3.8) is 0 Å². The van der Waals surface area contributed by atoms with Crippen LogP contribution in [0.4, 0.5) is 4.39 Å². The van der Waals surface area contributed by atoms with Crippen molar-refractivity contribution in [3.8, 4) is 5.75 Å². The van der Waals surface area contributed by atoms with Gasteiger partial charge < -0.3 is 10.5 Å². The predicted octanol–water partition coefficient (Wildman–Crippen LogP) is 3.66. The van der Waals surface area contributed by atoms with Crippen molar-refractivity contribution >= 4 is 0 Å². The maximum Gasteiger partial charge on any atom is 0.131 e. The molecule has 1 aromatic rings. The molecule has 2 nitrogen and oxygen atoms in total. The summed E-state index contributed by atoms with van der Waals surface area (Å²) >= 11 is 0. The molecule has 0 heterocycles. The molecule has 0 amide bonds. The maximum atomic E-state index is 13.6. The van der Waals surface area contributed by atoms with Crippen LogP contribution in [0.3, 0.4) is 0 Å². The summed E-state index contributed by atoms with van der Waals surface area (Å²) in [5.41, 5.74) is 6.24. The van der Waals surface area contributed by atoms with Gasteiger partial charge in [0, 0.05) is 11.6 Å². The smallest absolute Gasteiger partial charge is 0.131 e. The lowest BCUT2D eigenvalue weighted by atomic mass is 10.0. The number of hydrogen-bond acceptors (Lipinski definition) is 2. The van der Waals surface area contributed by atoms with Gasteiger partial charge in [-0.15, -0.1) is 0 Å². The topological polar surface area (TPSA) is 35.2 Å². The first-order chi connectivity index (χ1) is 8.10. The summed E-state index contributed by atoms with van der Waals surface area (Å²) in [5.74, 6) is 0.799. The zero-order valence-corrected chi connectivity index (χ0v) is 10.9. The van der Waals surface area contributed by atoms with Crippen LogP contribution in [0.5, 0.6) is 5.75 Å². The number of hydrogen-bond donors (Lipinski definition) is 1. The standard InChI is InChI=1S/C14H22FNO/c1-4-11(5-2)9-17-13-8-6-7-12(15)14(13)10(3)16/h6-8,10-11H,4-5,9,16H2,1-3H3/t10-/m0/s1. The zero-order chi connectivity index (χ0) is 12.8. The Hall–Kier alpha value is -1.09. The average Bonchev–Trinajstić information content (AvgIpc) is 2.29. The van der Waals surface area contributed by atoms with Crippen molar-refractivity contribution in [2.45, 2.75) is 39.7 Å². The normalized spacial score (nSPS) is 12.8. The quantitative estimate of drug-likeness (QED) is 0.822. The SMILES string of the molecule is CCC(CC)COc1cccc(F)c1[C@H](C)N. The van der Waals surface area contributed by atoms with Gasteiger partial charge >= 0.3 is 0 Å². The molecule has 0 bridgehead atoms. The van der Waals surface area contributed by atoms with Crippen LogP contribution in [0, 0.1) is 11.7 Å². The fraction of sp³-hybridized carbons (Fsp3) is 0.571. The van der Waals surface area contributed by atoms with Crippen LogP contribution in [-0.2, 0) is 0 Å². The second-order valence-corrected chi connectivity index (χ2v) is 4.43. The van der Waals surface area contributed by atoms with Gasteiger partial charge in [-0.1, -0.05) is 32.8 Å². The van der Waals surface area contributed by atoms with E-state index in [4.69, 9.17) is 10.5 Å². The highest BCUT2D eigenvalue weighted by Crippen LogP contribution is 2.27. The van der Waals surface area contributed by atoms with Crippen molar-refractivity contribution in [2.24, 2.45) is 11.7 Å². The van der Waals surface area contributed by atoms with Crippen LogP contribution in [0.1, 0.15) is 45.2 Å². The van der Waals surface area contributed by atoms with Gasteiger partial charge in [-0.2, -0.15) is 0 Å². The summed E-state index contributed by atoms with van der Waals surface area (Å²) in [6.45, 7) is 6.66. The van der Waals surface area contributed by atoms with E-state index in [1.165, 1.54) is 6.07 Å². The zero-order valence-electron chi connectivity index (χ0n) is 10.9. The molecule has 3 heteroatoms. The van der Waals surface area contributed by atoms with Crippen molar-refractivity contribution in [1.82, 2.24) is 0 Å². The molecule has 0 aliphatic heterocycles. The molecule has 0 spiro atoms. The summed E-state index contributed by atoms with van der Waals surface area (Å²) < 4.78 is 19.3. The summed E-state index contributed by atoms with van der Waals surface area (Å²) in [6, 6.07) is 4.50. The Morgan fingerprint density at radius 3 is 2.47 bits per heavy atom. The highest BCUT2D eigenvalue weighted by atomic mass is 19.1. The maximum absolute atomic E-state index is 13.6. The van der Waals surface area contributed by atoms with Crippen LogP contribution >= 0.6 is 0 Å². The van der Waals surface area contributed by atoms with Gasteiger partial charge in [-0.3, -0.25) is 0 Å². The minimum atomic E-state index is -0.354. The van der Waals surface area contributed by atoms with Gasteiger partial charge in [0.1, 0.15) is 11.6 Å². The van der Waals surface area contributed by atoms with Crippen molar-refractivity contribution in [2.75, 3.05) is 6.61 Å². The van der Waals surface area contributed by atoms with E-state index in [1.807, 2.05) is 0 Å². The molecular formula is C14H22FNO. The summed E-state index contributed by atoms with van der Waals surface area (Å²) in [5, 5.41) is 0. The monoisotopic (exact) mass is 239 g/mol. The summed E-state index contributed by atoms with van der Waals surface area (Å²) in [4.78, 5) is 0. The lowest BCUT2D eigenvalue weighted by Gasteiger charge is -2.18. The van der Waals surface area contributed by atoms with E-state index in [1.54, 1.807) is 19.1 Å². The molecule has 1 rings (SSSR count). The Morgan fingerprint density at radius 1 is 1.29 bits per heavy atom. The van der Waals surface area contributed by atoms with E-state index in [0.717, 1.165) is 12.8 Å². The third-order valence-corrected chi connectivity index (χ3v) is 3.10. The van der Waals surface area contributed by atoms with Crippen molar-refractivity contribution < 1.29 is 9.13 Å². The second kappa shape index (κ2) is 6.60. The Morgan fingerprint density at radius 2 is 1.94 bits per heavy atom. The Balaban J connectivity index is 2.80. The fourth-order valence-corrected chi connectivity index (χ4v) is 1.82. The van der Waals surface area contributed by atoms with Crippen molar-refractivity contribution in [3.05, 3.63) is 29.6 Å². The molecule has 0 unspecified atom stereocenters. The van der Waals surface area contributed by atoms with Crippen molar-refractivity contribution in [1.29, 1.82) is 0 Å². The predicted molar refractivity (Wildman–Crippen MR) is 68.6 cm³/mol. The van der Waals surface area contributed by atoms with Crippen LogP contribution in [0.25, 0.3) is 0 Å². The third-order valence-electron chi connectivity index (χ3n) is 3.10. The highest BCUT2D eigenvalue weighted by molar-refractivity contribution is 5.36. The van der Waals surface area contributed by atoms with Crippen LogP contribution in [0.2, 0.25) is 0 Å². The summed E-state index contributed by atoms with van der Waals surface area (Å²) in [7, 11) is 0. The lowest BCUT2D eigenvalue weighted by Crippen LogP contribution is -2.14. The fourth-order valence-electron chi connectivity index (χ4n) is 1.82. The molecule has 17 heavy (non-hydrogen) atoms. The first kappa shape index (κ1) is 14.0. The molecule has 1 atom stereocenters. The molecular weight excluding hydrogens is 217 g/mol. The molecule has 0 aromatic heterocycles. The number of ether oxygens (including phenoxy) is 1. The van der Waals surface area contributed by atoms with E-state index in [9.17, 15) is 4.39 Å². The first-order valence-electron chi connectivity index (χ1n) is 6.26. The minimum absolute atomic E-state index is 0.290. The second-order valence-electron chi connectivity index (χ2n) is 4.43. The van der Waals surface area contributed by atoms with Gasteiger partial charge in [0.25, 0.3) is 0 Å². The Kier molecular flexibility index (Phi) is 5.42. The van der Waals surface area contributed by atoms with E-state index >= 15 is 0 Å². The molecule has 0 fully saturated rings. The van der Waals surface area contributed by atoms with Crippen LogP contribution in [-0.4, -0.2) is 6.61 Å². The molecule has 0 saturated heterocycles. The number of nitrogens with two attached hydrogens (primary N) is 1. The van der Waals surface area contributed by atoms with Gasteiger partial charge in [-0.05, 0) is 25.0 Å². The third kappa shape index (κ3) is 3.70. The molecule has 2 N–H and O–H groups in total. The van der Waals surface area contributed by atoms with Crippen LogP contribution < -0.4 is 10.5 Å². The molecule has 0 saturated carbocycles. The largest absolute Gasteiger partial charge is 0.493 e. The molecule has 0 radical (unpaired) electrons. The molecule has 0 aliphatic carbocycles. The highest BCUT2D eigenvalue weighted by Gasteiger charge is 2.14. The van der Waals surface area contributed by atoms with E-state index < -0.39 is 0 Å². The summed E-state index contributed by atoms with van der Waals surface area (Å²) in [6.07, 6.45) is 2.14. The average molecular weight is 239 g/mol. The number of benzene rings is 1. The van der Waals surface area contributed by atoms with E-state index in [0.29, 0.717) is 23.8 Å². The Bertz CT molecular complexity index is 348. The first-order valence-corrected chi connectivity index (χ1v) is 6.26. The van der Waals surface area contributed by atoms with E-state index in [2.05, 4.69) is 13.8 Å². The Labute approximate surface area is 103 Å². The van der Waals surface area contributed by atoms with Crippen LogP contribution in [0.15, 0.2) is 18.2 Å². The van der Waals surface area contributed by atoms with Gasteiger partial charge in [0.2, 0.25) is 0 Å². The molecule has 0 aliphatic rings. The molecule has 1 aromatic carbocycles. The minimum Gasteiger partial charge on any atom is -0.493 e.